The number of carboxylic acid groups (broad SMARTS) is 5. The van der Waals surface area contributed by atoms with Gasteiger partial charge in [-0.25, -0.2) is 0 Å². The molecule has 1 heterocycles. The summed E-state index contributed by atoms with van der Waals surface area (Å²) in [5, 5.41) is 51.9. The summed E-state index contributed by atoms with van der Waals surface area (Å²) < 4.78 is 0. The van der Waals surface area contributed by atoms with Crippen molar-refractivity contribution < 1.29 is 59.4 Å². The highest BCUT2D eigenvalue weighted by atomic mass is 16.4. The van der Waals surface area contributed by atoms with Gasteiger partial charge in [-0.1, -0.05) is 34.1 Å². The number of hydrogen-bond donors (Lipinski definition) is 12. The second-order valence-corrected chi connectivity index (χ2v) is 9.42. The van der Waals surface area contributed by atoms with Crippen LogP contribution >= 0.6 is 0 Å². The molecule has 42 heavy (non-hydrogen) atoms. The molecule has 0 aromatic rings. The van der Waals surface area contributed by atoms with E-state index < -0.39 is 66.5 Å². The molecule has 5 unspecified atom stereocenters. The minimum Gasteiger partial charge on any atom is -0.480 e. The molecule has 0 radical (unpaired) electrons. The molecule has 0 spiro atoms. The lowest BCUT2D eigenvalue weighted by atomic mass is 10.0. The average Bonchev–Trinajstić information content (AvgIpc) is 3.46. The van der Waals surface area contributed by atoms with Crippen LogP contribution in [0.2, 0.25) is 0 Å². The maximum Gasteiger partial charge on any atom is 0.322 e. The summed E-state index contributed by atoms with van der Waals surface area (Å²) in [7, 11) is 0. The first kappa shape index (κ1) is 45.6. The van der Waals surface area contributed by atoms with Gasteiger partial charge < -0.3 is 64.6 Å². The highest BCUT2D eigenvalue weighted by Gasteiger charge is 2.20. The van der Waals surface area contributed by atoms with Gasteiger partial charge in [-0.2, -0.15) is 0 Å². The van der Waals surface area contributed by atoms with E-state index in [0.717, 1.165) is 25.8 Å². The van der Waals surface area contributed by atoms with Crippen molar-refractivity contribution in [1.29, 1.82) is 0 Å². The molecule has 0 saturated carbocycles. The van der Waals surface area contributed by atoms with Crippen LogP contribution < -0.4 is 34.0 Å². The predicted octanol–water partition coefficient (Wildman–Crippen LogP) is -2.62. The Morgan fingerprint density at radius 2 is 1.24 bits per heavy atom. The van der Waals surface area contributed by atoms with Crippen molar-refractivity contribution in [3.63, 3.8) is 0 Å². The smallest absolute Gasteiger partial charge is 0.322 e. The molecule has 18 nitrogen and oxygen atoms in total. The minimum absolute atomic E-state index is 0.0208. The van der Waals surface area contributed by atoms with Crippen LogP contribution in [0.25, 0.3) is 0 Å². The fraction of sp³-hybridized carbons (Fsp3) is 0.750. The van der Waals surface area contributed by atoms with Gasteiger partial charge in [-0.15, -0.1) is 0 Å². The van der Waals surface area contributed by atoms with Crippen molar-refractivity contribution >= 4 is 35.8 Å². The van der Waals surface area contributed by atoms with Gasteiger partial charge in [0.2, 0.25) is 5.91 Å². The second-order valence-electron chi connectivity index (χ2n) is 9.42. The van der Waals surface area contributed by atoms with Crippen molar-refractivity contribution in [3.05, 3.63) is 0 Å². The van der Waals surface area contributed by atoms with E-state index in [1.54, 1.807) is 13.8 Å². The van der Waals surface area contributed by atoms with Gasteiger partial charge in [0.05, 0.1) is 6.61 Å². The molecular formula is C24H50N6O12. The zero-order valence-corrected chi connectivity index (χ0v) is 24.5. The minimum atomic E-state index is -1.18. The molecule has 0 aliphatic carbocycles. The molecule has 17 N–H and O–H groups in total. The van der Waals surface area contributed by atoms with Crippen LogP contribution in [0.3, 0.4) is 0 Å². The number of aliphatic carboxylic acids is 5. The Balaban J connectivity index is -0.000000216. The molecule has 0 aromatic carbocycles. The first-order chi connectivity index (χ1) is 19.2. The molecule has 18 heteroatoms. The van der Waals surface area contributed by atoms with Gasteiger partial charge in [0.1, 0.15) is 30.2 Å². The number of rotatable bonds is 12. The molecule has 1 rings (SSSR count). The van der Waals surface area contributed by atoms with Crippen LogP contribution in [0.15, 0.2) is 0 Å². The van der Waals surface area contributed by atoms with E-state index in [-0.39, 0.29) is 30.7 Å². The van der Waals surface area contributed by atoms with Gasteiger partial charge in [0, 0.05) is 6.42 Å². The summed E-state index contributed by atoms with van der Waals surface area (Å²) in [6.45, 7) is 7.66. The Kier molecular flexibility index (Phi) is 28.7. The Morgan fingerprint density at radius 3 is 1.38 bits per heavy atom. The van der Waals surface area contributed by atoms with E-state index in [0.29, 0.717) is 0 Å². The lowest BCUT2D eigenvalue weighted by Crippen LogP contribution is -2.36. The SMILES string of the molecule is CC(C)C(N)C(=O)O.CCC(C)C(N)C(=O)O.NC(=O)CCC(N)C(=O)O.NC(CO)C(=O)O.O=C(O)[C@@H]1CCCN1. The molecular weight excluding hydrogens is 564 g/mol. The van der Waals surface area contributed by atoms with Gasteiger partial charge in [-0.3, -0.25) is 28.8 Å². The molecule has 1 aliphatic heterocycles. The zero-order valence-electron chi connectivity index (χ0n) is 24.5. The van der Waals surface area contributed by atoms with Crippen molar-refractivity contribution in [3.8, 4) is 0 Å². The highest BCUT2D eigenvalue weighted by molar-refractivity contribution is 5.77. The lowest BCUT2D eigenvalue weighted by molar-refractivity contribution is -0.140. The van der Waals surface area contributed by atoms with Gasteiger partial charge in [0.15, 0.2) is 0 Å². The standard InChI is InChI=1S/C6H13NO2.C5H10N2O3.C5H9NO2.C5H11NO2.C3H7NO3/c1-3-4(2)5(7)6(8)9;6-3(5(9)10)1-2-4(7)8;7-5(8)4-2-1-3-6-4;1-3(2)4(6)5(7)8;4-2(1-5)3(6)7/h4-5H,3,7H2,1-2H3,(H,8,9);3H,1-2,6H2,(H2,7,8)(H,9,10);4,6H,1-3H2,(H,7,8);3-4H,6H2,1-2H3,(H,7,8);2,5H,1,4H2,(H,6,7)/t;;4-;;/m..0../s1. The van der Waals surface area contributed by atoms with E-state index in [2.05, 4.69) is 5.32 Å². The monoisotopic (exact) mass is 614 g/mol. The van der Waals surface area contributed by atoms with Crippen LogP contribution in [0.4, 0.5) is 0 Å². The number of primary amides is 1. The maximum absolute atomic E-state index is 10.2. The molecule has 1 amide bonds. The second kappa shape index (κ2) is 26.5. The van der Waals surface area contributed by atoms with Gasteiger partial charge in [0.25, 0.3) is 0 Å². The number of amides is 1. The number of hydrogen-bond acceptors (Lipinski definition) is 12. The summed E-state index contributed by atoms with van der Waals surface area (Å²) in [6, 6.07) is -3.78. The topological polar surface area (TPSA) is 366 Å². The molecule has 1 aliphatic rings. The van der Waals surface area contributed by atoms with Crippen molar-refractivity contribution in [2.24, 2.45) is 40.5 Å². The van der Waals surface area contributed by atoms with E-state index in [1.807, 2.05) is 13.8 Å². The number of carbonyl (C=O) groups is 6. The van der Waals surface area contributed by atoms with Crippen LogP contribution in [0.5, 0.6) is 0 Å². The molecule has 248 valence electrons. The third kappa shape index (κ3) is 28.1. The summed E-state index contributed by atoms with van der Waals surface area (Å²) >= 11 is 0. The Morgan fingerprint density at radius 1 is 0.786 bits per heavy atom. The lowest BCUT2D eigenvalue weighted by Gasteiger charge is -2.11. The van der Waals surface area contributed by atoms with Gasteiger partial charge >= 0.3 is 29.8 Å². The molecule has 0 aromatic heterocycles. The van der Waals surface area contributed by atoms with E-state index >= 15 is 0 Å². The number of aliphatic hydroxyl groups is 1. The number of aliphatic hydroxyl groups excluding tert-OH is 1. The number of nitrogens with one attached hydrogen (secondary N) is 1. The quantitative estimate of drug-likeness (QED) is 0.107. The van der Waals surface area contributed by atoms with Crippen molar-refractivity contribution in [2.45, 2.75) is 90.0 Å². The van der Waals surface area contributed by atoms with Crippen LogP contribution in [-0.4, -0.2) is 110 Å². The fourth-order valence-corrected chi connectivity index (χ4v) is 2.18. The number of carbonyl (C=O) groups excluding carboxylic acids is 1. The normalized spacial score (nSPS) is 16.9. The van der Waals surface area contributed by atoms with Crippen LogP contribution in [-0.2, 0) is 28.8 Å². The maximum atomic E-state index is 10.2. The number of carboxylic acids is 5. The Labute approximate surface area is 244 Å². The summed E-state index contributed by atoms with van der Waals surface area (Å²) in [6.07, 6.45) is 2.72. The van der Waals surface area contributed by atoms with Crippen molar-refractivity contribution in [2.75, 3.05) is 13.2 Å². The summed E-state index contributed by atoms with van der Waals surface area (Å²) in [4.78, 5) is 60.1. The summed E-state index contributed by atoms with van der Waals surface area (Å²) in [5.41, 5.74) is 25.0. The first-order valence-electron chi connectivity index (χ1n) is 13.0. The largest absolute Gasteiger partial charge is 0.480 e. The Hall–Kier alpha value is -3.42. The first-order valence-corrected chi connectivity index (χ1v) is 13.0. The van der Waals surface area contributed by atoms with Crippen molar-refractivity contribution in [1.82, 2.24) is 5.32 Å². The third-order valence-corrected chi connectivity index (χ3v) is 5.44. The van der Waals surface area contributed by atoms with Gasteiger partial charge in [-0.05, 0) is 37.6 Å². The molecule has 0 bridgehead atoms. The van der Waals surface area contributed by atoms with Crippen LogP contribution in [0, 0.1) is 11.8 Å². The summed E-state index contributed by atoms with van der Waals surface area (Å²) in [5.74, 6) is -5.29. The highest BCUT2D eigenvalue weighted by Crippen LogP contribution is 2.04. The zero-order chi connectivity index (χ0) is 34.2. The Bertz CT molecular complexity index is 797. The van der Waals surface area contributed by atoms with E-state index in [9.17, 15) is 28.8 Å². The number of nitrogens with two attached hydrogens (primary N) is 5. The van der Waals surface area contributed by atoms with E-state index in [1.165, 1.54) is 0 Å². The molecule has 1 fully saturated rings. The predicted molar refractivity (Wildman–Crippen MR) is 151 cm³/mol. The fourth-order valence-electron chi connectivity index (χ4n) is 2.18. The van der Waals surface area contributed by atoms with E-state index in [4.69, 9.17) is 59.3 Å². The third-order valence-electron chi connectivity index (χ3n) is 5.44. The van der Waals surface area contributed by atoms with Crippen LogP contribution in [0.1, 0.15) is 59.8 Å². The molecule has 1 saturated heterocycles. The average molecular weight is 615 g/mol. The molecule has 6 atom stereocenters.